The van der Waals surface area contributed by atoms with E-state index in [1.54, 1.807) is 0 Å². The molecule has 26 heavy (non-hydrogen) atoms. The number of unbranched alkanes of at least 4 members (excludes halogenated alkanes) is 4. The molecule has 0 aromatic heterocycles. The Morgan fingerprint density at radius 1 is 0.885 bits per heavy atom. The molecule has 0 atom stereocenters. The Morgan fingerprint density at radius 3 is 1.92 bits per heavy atom. The Hall–Kier alpha value is -1.92. The van der Waals surface area contributed by atoms with Crippen molar-refractivity contribution in [3.63, 3.8) is 0 Å². The van der Waals surface area contributed by atoms with Gasteiger partial charge >= 0.3 is 11.9 Å². The summed E-state index contributed by atoms with van der Waals surface area (Å²) in [6.07, 6.45) is 6.04. The van der Waals surface area contributed by atoms with Crippen LogP contribution in [0, 0.1) is 0 Å². The van der Waals surface area contributed by atoms with Crippen LogP contribution in [-0.2, 0) is 16.1 Å². The summed E-state index contributed by atoms with van der Waals surface area (Å²) in [4.78, 5) is 22.5. The van der Waals surface area contributed by atoms with Crippen molar-refractivity contribution in [2.24, 2.45) is 5.73 Å². The number of aliphatic carboxylic acids is 2. The third kappa shape index (κ3) is 16.9. The van der Waals surface area contributed by atoms with E-state index in [-0.39, 0.29) is 6.42 Å². The third-order valence-corrected chi connectivity index (χ3v) is 3.82. The van der Waals surface area contributed by atoms with E-state index in [0.29, 0.717) is 13.0 Å². The Bertz CT molecular complexity index is 480. The van der Waals surface area contributed by atoms with Gasteiger partial charge in [0.05, 0.1) is 0 Å². The van der Waals surface area contributed by atoms with E-state index >= 15 is 0 Å². The van der Waals surface area contributed by atoms with Crippen molar-refractivity contribution in [3.05, 3.63) is 35.9 Å². The van der Waals surface area contributed by atoms with Gasteiger partial charge in [-0.3, -0.25) is 9.59 Å². The molecule has 6 heteroatoms. The lowest BCUT2D eigenvalue weighted by atomic mass is 10.1. The van der Waals surface area contributed by atoms with Crippen LogP contribution < -0.4 is 5.73 Å². The molecule has 0 spiro atoms. The summed E-state index contributed by atoms with van der Waals surface area (Å²) >= 11 is 0. The molecule has 6 nitrogen and oxygen atoms in total. The van der Waals surface area contributed by atoms with Gasteiger partial charge in [-0.1, -0.05) is 43.2 Å². The molecule has 0 amide bonds. The molecule has 0 saturated carbocycles. The van der Waals surface area contributed by atoms with Crippen LogP contribution in [0.5, 0.6) is 0 Å². The molecule has 0 aliphatic carbocycles. The van der Waals surface area contributed by atoms with Crippen molar-refractivity contribution >= 4 is 11.9 Å². The maximum absolute atomic E-state index is 10.3. The van der Waals surface area contributed by atoms with Crippen molar-refractivity contribution in [2.45, 2.75) is 57.9 Å². The lowest BCUT2D eigenvalue weighted by molar-refractivity contribution is -0.138. The fourth-order valence-corrected chi connectivity index (χ4v) is 2.41. The van der Waals surface area contributed by atoms with Gasteiger partial charge in [-0.2, -0.15) is 0 Å². The van der Waals surface area contributed by atoms with Crippen LogP contribution >= 0.6 is 0 Å². The van der Waals surface area contributed by atoms with E-state index in [2.05, 4.69) is 36.2 Å². The first-order chi connectivity index (χ1) is 12.5. The summed E-state index contributed by atoms with van der Waals surface area (Å²) in [6.45, 7) is 2.65. The summed E-state index contributed by atoms with van der Waals surface area (Å²) in [5.41, 5.74) is 6.52. The minimum atomic E-state index is -0.716. The van der Waals surface area contributed by atoms with E-state index in [1.807, 2.05) is 6.07 Å². The summed E-state index contributed by atoms with van der Waals surface area (Å²) in [6, 6.07) is 10.4. The van der Waals surface area contributed by atoms with Crippen LogP contribution in [0.4, 0.5) is 0 Å². The summed E-state index contributed by atoms with van der Waals surface area (Å²) in [5.74, 6) is -1.41. The van der Waals surface area contributed by atoms with E-state index in [0.717, 1.165) is 51.6 Å². The largest absolute Gasteiger partial charge is 0.481 e. The molecule has 0 saturated heterocycles. The molecule has 0 aliphatic rings. The molecule has 1 aromatic rings. The average molecular weight is 367 g/mol. The highest BCUT2D eigenvalue weighted by molar-refractivity contribution is 5.66. The Morgan fingerprint density at radius 2 is 1.42 bits per heavy atom. The van der Waals surface area contributed by atoms with Crippen LogP contribution in [-0.4, -0.2) is 47.2 Å². The quantitative estimate of drug-likeness (QED) is 0.463. The highest BCUT2D eigenvalue weighted by Crippen LogP contribution is 2.05. The highest BCUT2D eigenvalue weighted by atomic mass is 16.4. The standard InChI is InChI=1S/C14H21NO2.C6H13NO2/c1-15(11-7-3-6-10-14(16)17)12-13-8-4-2-5-9-13;7-5-3-1-2-4-6(8)9/h2,4-5,8-9H,3,6-7,10-12H2,1H3,(H,16,17);1-5,7H2,(H,8,9). The monoisotopic (exact) mass is 366 g/mol. The van der Waals surface area contributed by atoms with Crippen molar-refractivity contribution < 1.29 is 19.8 Å². The van der Waals surface area contributed by atoms with Gasteiger partial charge in [0.2, 0.25) is 0 Å². The second kappa shape index (κ2) is 16.5. The molecule has 148 valence electrons. The van der Waals surface area contributed by atoms with Crippen LogP contribution in [0.2, 0.25) is 0 Å². The minimum absolute atomic E-state index is 0.278. The molecule has 1 rings (SSSR count). The average Bonchev–Trinajstić information content (AvgIpc) is 2.59. The molecule has 0 fully saturated rings. The fraction of sp³-hybridized carbons (Fsp3) is 0.600. The van der Waals surface area contributed by atoms with Gasteiger partial charge in [-0.15, -0.1) is 0 Å². The minimum Gasteiger partial charge on any atom is -0.481 e. The predicted molar refractivity (Wildman–Crippen MR) is 104 cm³/mol. The van der Waals surface area contributed by atoms with Crippen molar-refractivity contribution in [2.75, 3.05) is 20.1 Å². The van der Waals surface area contributed by atoms with Gasteiger partial charge in [-0.05, 0) is 51.4 Å². The van der Waals surface area contributed by atoms with E-state index < -0.39 is 11.9 Å². The predicted octanol–water partition coefficient (Wildman–Crippen LogP) is 3.35. The van der Waals surface area contributed by atoms with Crippen LogP contribution in [0.15, 0.2) is 30.3 Å². The molecule has 1 aromatic carbocycles. The molecule has 0 aliphatic heterocycles. The molecular formula is C20H34N2O4. The first-order valence-corrected chi connectivity index (χ1v) is 9.31. The van der Waals surface area contributed by atoms with E-state index in [1.165, 1.54) is 5.56 Å². The van der Waals surface area contributed by atoms with Gasteiger partial charge in [0.1, 0.15) is 0 Å². The smallest absolute Gasteiger partial charge is 0.303 e. The molecule has 0 unspecified atom stereocenters. The van der Waals surface area contributed by atoms with Crippen LogP contribution in [0.25, 0.3) is 0 Å². The summed E-state index contributed by atoms with van der Waals surface area (Å²) in [5, 5.41) is 16.7. The topological polar surface area (TPSA) is 104 Å². The lowest BCUT2D eigenvalue weighted by Crippen LogP contribution is -2.19. The maximum Gasteiger partial charge on any atom is 0.303 e. The second-order valence-corrected chi connectivity index (χ2v) is 6.42. The van der Waals surface area contributed by atoms with Gasteiger partial charge in [-0.25, -0.2) is 0 Å². The SMILES string of the molecule is CN(CCCCCC(=O)O)Cc1ccccc1.NCCCCCC(=O)O. The zero-order chi connectivity index (χ0) is 19.6. The first kappa shape index (κ1) is 24.1. The number of carboxylic acids is 2. The van der Waals surface area contributed by atoms with Crippen molar-refractivity contribution in [1.29, 1.82) is 0 Å². The lowest BCUT2D eigenvalue weighted by Gasteiger charge is -2.16. The van der Waals surface area contributed by atoms with E-state index in [9.17, 15) is 9.59 Å². The second-order valence-electron chi connectivity index (χ2n) is 6.42. The summed E-state index contributed by atoms with van der Waals surface area (Å²) < 4.78 is 0. The highest BCUT2D eigenvalue weighted by Gasteiger charge is 2.01. The Labute approximate surface area is 157 Å². The fourth-order valence-electron chi connectivity index (χ4n) is 2.41. The van der Waals surface area contributed by atoms with Gasteiger partial charge in [0.25, 0.3) is 0 Å². The normalized spacial score (nSPS) is 10.3. The number of carboxylic acid groups (broad SMARTS) is 2. The molecule has 0 bridgehead atoms. The molecule has 0 heterocycles. The zero-order valence-electron chi connectivity index (χ0n) is 15.9. The Balaban J connectivity index is 0.000000590. The van der Waals surface area contributed by atoms with Crippen LogP contribution in [0.1, 0.15) is 56.9 Å². The van der Waals surface area contributed by atoms with Gasteiger partial charge < -0.3 is 20.8 Å². The molecule has 0 radical (unpaired) electrons. The van der Waals surface area contributed by atoms with E-state index in [4.69, 9.17) is 15.9 Å². The van der Waals surface area contributed by atoms with Crippen molar-refractivity contribution in [3.8, 4) is 0 Å². The van der Waals surface area contributed by atoms with Crippen LogP contribution in [0.3, 0.4) is 0 Å². The number of rotatable bonds is 13. The number of nitrogens with two attached hydrogens (primary N) is 1. The first-order valence-electron chi connectivity index (χ1n) is 9.31. The van der Waals surface area contributed by atoms with Crippen molar-refractivity contribution in [1.82, 2.24) is 4.90 Å². The number of hydrogen-bond acceptors (Lipinski definition) is 4. The Kier molecular flexibility index (Phi) is 15.3. The van der Waals surface area contributed by atoms with Gasteiger partial charge in [0.15, 0.2) is 0 Å². The number of carbonyl (C=O) groups is 2. The maximum atomic E-state index is 10.3. The third-order valence-electron chi connectivity index (χ3n) is 3.82. The van der Waals surface area contributed by atoms with Gasteiger partial charge in [0, 0.05) is 19.4 Å². The molecular weight excluding hydrogens is 332 g/mol. The zero-order valence-corrected chi connectivity index (χ0v) is 15.9. The molecule has 4 N–H and O–H groups in total. The number of benzene rings is 1. The summed E-state index contributed by atoms with van der Waals surface area (Å²) in [7, 11) is 2.10. The number of nitrogens with zero attached hydrogens (tertiary/aromatic N) is 1. The number of hydrogen-bond donors (Lipinski definition) is 3.